The summed E-state index contributed by atoms with van der Waals surface area (Å²) >= 11 is 1.42. The first kappa shape index (κ1) is 40.4. The van der Waals surface area contributed by atoms with Gasteiger partial charge in [0, 0.05) is 18.2 Å². The van der Waals surface area contributed by atoms with Crippen LogP contribution >= 0.6 is 20.6 Å². The van der Waals surface area contributed by atoms with Gasteiger partial charge in [-0.15, -0.1) is 0 Å². The smallest absolute Gasteiger partial charge is 0.810 e. The van der Waals surface area contributed by atoms with Crippen LogP contribution < -0.4 is 73.4 Å². The van der Waals surface area contributed by atoms with Gasteiger partial charge in [-0.2, -0.15) is 0 Å². The summed E-state index contributed by atoms with van der Waals surface area (Å²) in [4.78, 5) is 21.5. The van der Waals surface area contributed by atoms with Crippen molar-refractivity contribution in [2.45, 2.75) is 109 Å². The molecule has 0 aromatic heterocycles. The topological polar surface area (TPSA) is 78.8 Å². The van der Waals surface area contributed by atoms with Crippen molar-refractivity contribution in [2.75, 3.05) is 12.8 Å². The van der Waals surface area contributed by atoms with Crippen LogP contribution in [0.1, 0.15) is 89.2 Å². The summed E-state index contributed by atoms with van der Waals surface area (Å²) in [6.07, 6.45) is 3.05. The van der Waals surface area contributed by atoms with Crippen molar-refractivity contribution >= 4 is 20.6 Å². The van der Waals surface area contributed by atoms with E-state index in [1.807, 2.05) is 31.3 Å². The molecule has 13 heteroatoms. The second-order valence-electron chi connectivity index (χ2n) is 11.5. The second-order valence-corrected chi connectivity index (χ2v) is 13.4. The summed E-state index contributed by atoms with van der Waals surface area (Å²) in [6, 6.07) is 6.10. The SMILES string of the molecule is CC12CCC3c4ccc(OP([O-])[O-])cc4CCC3C1CCC2O.CCC(C)N(C)SCCCC(F)(F)C(F)F.[Na+].[Na+]. The summed E-state index contributed by atoms with van der Waals surface area (Å²) in [5.74, 6) is -1.14. The van der Waals surface area contributed by atoms with E-state index in [1.165, 1.54) is 23.1 Å². The van der Waals surface area contributed by atoms with Crippen LogP contribution in [0.25, 0.3) is 0 Å². The molecule has 2 fully saturated rings. The number of rotatable bonds is 10. The second kappa shape index (κ2) is 17.9. The first-order valence-electron chi connectivity index (χ1n) is 13.9. The van der Waals surface area contributed by atoms with Crippen molar-refractivity contribution in [1.82, 2.24) is 4.31 Å². The van der Waals surface area contributed by atoms with Gasteiger partial charge in [-0.05, 0) is 112 Å². The maximum atomic E-state index is 12.5. The maximum absolute atomic E-state index is 12.5. The monoisotopic (exact) mass is 641 g/mol. The minimum atomic E-state index is -3.84. The van der Waals surface area contributed by atoms with Crippen LogP contribution in [-0.4, -0.2) is 46.7 Å². The molecule has 224 valence electrons. The Labute approximate surface area is 292 Å². The molecule has 3 aliphatic rings. The van der Waals surface area contributed by atoms with Gasteiger partial charge < -0.3 is 19.4 Å². The minimum Gasteiger partial charge on any atom is -0.810 e. The van der Waals surface area contributed by atoms with Gasteiger partial charge >= 0.3 is 71.5 Å². The molecule has 1 N–H and O–H groups in total. The average molecular weight is 642 g/mol. The standard InChI is InChI=1S/C18H23O4P.C10H19F4NS.2Na/c1-18-9-8-14-13-5-3-12(22-23(20)21)10-11(13)2-4-15(14)16(18)6-7-17(18)19;1-4-8(2)15(3)16-7-5-6-10(13,14)9(11)12;;/h3,5,10,14-17,19H,2,4,6-9H2,1H3;8-9H,4-7H2,1-3H3;;/q-2;;2*+1. The number of hydrogen-bond donors (Lipinski definition) is 1. The van der Waals surface area contributed by atoms with Gasteiger partial charge in [-0.3, -0.25) is 4.31 Å². The molecule has 0 bridgehead atoms. The van der Waals surface area contributed by atoms with Crippen LogP contribution in [0.4, 0.5) is 17.6 Å². The molecular formula is C28H42F4NNa2O4PS. The Hall–Kier alpha value is 1.36. The predicted molar refractivity (Wildman–Crippen MR) is 145 cm³/mol. The van der Waals surface area contributed by atoms with Crippen molar-refractivity contribution in [3.63, 3.8) is 0 Å². The molecule has 0 saturated heterocycles. The van der Waals surface area contributed by atoms with E-state index in [4.69, 9.17) is 4.52 Å². The Morgan fingerprint density at radius 3 is 2.49 bits per heavy atom. The van der Waals surface area contributed by atoms with Gasteiger partial charge in [0.05, 0.1) is 6.10 Å². The van der Waals surface area contributed by atoms with Crippen LogP contribution in [0.3, 0.4) is 0 Å². The number of aliphatic hydroxyl groups is 1. The fourth-order valence-electron chi connectivity index (χ4n) is 6.68. The van der Waals surface area contributed by atoms with E-state index < -0.39 is 27.4 Å². The Morgan fingerprint density at radius 2 is 1.88 bits per heavy atom. The van der Waals surface area contributed by atoms with Crippen molar-refractivity contribution < 1.29 is 96.1 Å². The summed E-state index contributed by atoms with van der Waals surface area (Å²) < 4.78 is 55.5. The number of alkyl halides is 4. The quantitative estimate of drug-likeness (QED) is 0.130. The van der Waals surface area contributed by atoms with Gasteiger partial charge in [0.1, 0.15) is 5.75 Å². The van der Waals surface area contributed by atoms with E-state index in [9.17, 15) is 32.5 Å². The van der Waals surface area contributed by atoms with Crippen molar-refractivity contribution in [3.8, 4) is 5.75 Å². The average Bonchev–Trinajstić information content (AvgIpc) is 3.19. The molecule has 0 radical (unpaired) electrons. The number of nitrogens with zero attached hydrogens (tertiary/aromatic N) is 1. The van der Waals surface area contributed by atoms with Gasteiger partial charge in [-0.1, -0.05) is 40.5 Å². The number of hydrogen-bond acceptors (Lipinski definition) is 6. The number of aryl methyl sites for hydroxylation is 1. The van der Waals surface area contributed by atoms with E-state index in [-0.39, 0.29) is 77.1 Å². The predicted octanol–water partition coefficient (Wildman–Crippen LogP) is 0.283. The minimum absolute atomic E-state index is 0. The molecular weight excluding hydrogens is 599 g/mol. The molecule has 0 spiro atoms. The molecule has 4 rings (SSSR count). The number of benzene rings is 1. The van der Waals surface area contributed by atoms with Gasteiger partial charge in [0.15, 0.2) is 0 Å². The Balaban J connectivity index is 0.000000419. The zero-order valence-electron chi connectivity index (χ0n) is 25.3. The largest absolute Gasteiger partial charge is 1.00 e. The molecule has 0 heterocycles. The molecule has 2 saturated carbocycles. The molecule has 41 heavy (non-hydrogen) atoms. The summed E-state index contributed by atoms with van der Waals surface area (Å²) in [5.41, 5.74) is 2.71. The molecule has 6 unspecified atom stereocenters. The van der Waals surface area contributed by atoms with Crippen LogP contribution in [0.2, 0.25) is 0 Å². The first-order valence-corrected chi connectivity index (χ1v) is 16.0. The molecule has 1 aromatic rings. The van der Waals surface area contributed by atoms with Gasteiger partial charge in [0.2, 0.25) is 0 Å². The zero-order chi connectivity index (χ0) is 29.0. The fraction of sp³-hybridized carbons (Fsp3) is 0.786. The third-order valence-electron chi connectivity index (χ3n) is 9.31. The molecule has 1 aromatic carbocycles. The van der Waals surface area contributed by atoms with Crippen LogP contribution in [-0.2, 0) is 6.42 Å². The summed E-state index contributed by atoms with van der Waals surface area (Å²) in [6.45, 7) is 6.34. The summed E-state index contributed by atoms with van der Waals surface area (Å²) in [5, 5.41) is 10.4. The normalized spacial score (nSPS) is 27.6. The molecule has 0 amide bonds. The van der Waals surface area contributed by atoms with Crippen molar-refractivity contribution in [2.24, 2.45) is 17.3 Å². The van der Waals surface area contributed by atoms with Crippen molar-refractivity contribution in [3.05, 3.63) is 29.3 Å². The number of halogens is 4. The summed E-state index contributed by atoms with van der Waals surface area (Å²) in [7, 11) is -0.974. The van der Waals surface area contributed by atoms with Crippen LogP contribution in [0.5, 0.6) is 5.75 Å². The Bertz CT molecular complexity index is 941. The van der Waals surface area contributed by atoms with Gasteiger partial charge in [-0.25, -0.2) is 17.6 Å². The van der Waals surface area contributed by atoms with E-state index >= 15 is 0 Å². The van der Waals surface area contributed by atoms with Crippen molar-refractivity contribution in [1.29, 1.82) is 0 Å². The molecule has 3 aliphatic carbocycles. The number of aliphatic hydroxyl groups excluding tert-OH is 1. The Morgan fingerprint density at radius 1 is 1.20 bits per heavy atom. The molecule has 6 atom stereocenters. The van der Waals surface area contributed by atoms with E-state index in [1.54, 1.807) is 6.07 Å². The van der Waals surface area contributed by atoms with Crippen LogP contribution in [0.15, 0.2) is 18.2 Å². The van der Waals surface area contributed by atoms with E-state index in [0.29, 0.717) is 35.3 Å². The Kier molecular flexibility index (Phi) is 17.6. The van der Waals surface area contributed by atoms with E-state index in [2.05, 4.69) is 13.0 Å². The van der Waals surface area contributed by atoms with Crippen LogP contribution in [0, 0.1) is 17.3 Å². The zero-order valence-corrected chi connectivity index (χ0v) is 31.0. The maximum Gasteiger partial charge on any atom is 1.00 e. The molecule has 5 nitrogen and oxygen atoms in total. The fourth-order valence-corrected chi connectivity index (χ4v) is 7.93. The molecule has 0 aliphatic heterocycles. The van der Waals surface area contributed by atoms with Gasteiger partial charge in [0.25, 0.3) is 0 Å². The first-order chi connectivity index (χ1) is 18.3. The third kappa shape index (κ3) is 10.4. The van der Waals surface area contributed by atoms with E-state index in [0.717, 1.165) is 44.9 Å². The number of fused-ring (bicyclic) bond motifs is 5. The third-order valence-corrected chi connectivity index (χ3v) is 10.9.